The van der Waals surface area contributed by atoms with Crippen LogP contribution in [-0.2, 0) is 6.42 Å². The minimum Gasteiger partial charge on any atom is -0.492 e. The van der Waals surface area contributed by atoms with E-state index in [1.807, 2.05) is 6.07 Å². The molecular formula is C20H20F2N2O. The maximum atomic E-state index is 13.1. The molecule has 1 aliphatic heterocycles. The number of halogens is 2. The predicted octanol–water partition coefficient (Wildman–Crippen LogP) is 4.22. The number of ether oxygens (including phenoxy) is 1. The molecule has 0 N–H and O–H groups in total. The van der Waals surface area contributed by atoms with Crippen LogP contribution in [0.1, 0.15) is 29.5 Å². The quantitative estimate of drug-likeness (QED) is 0.706. The second kappa shape index (κ2) is 7.55. The summed E-state index contributed by atoms with van der Waals surface area (Å²) in [7, 11) is 3.48. The summed E-state index contributed by atoms with van der Waals surface area (Å²) >= 11 is 0. The average Bonchev–Trinajstić information content (AvgIpc) is 3.06. The lowest BCUT2D eigenvalue weighted by Crippen LogP contribution is -2.16. The molecule has 4 rings (SSSR count). The Balaban J connectivity index is 0.000000146. The molecule has 0 radical (unpaired) electrons. The fourth-order valence-electron chi connectivity index (χ4n) is 3.17. The van der Waals surface area contributed by atoms with Crippen LogP contribution in [0.15, 0.2) is 46.4 Å². The van der Waals surface area contributed by atoms with Crippen molar-refractivity contribution in [3.63, 3.8) is 0 Å². The molecule has 25 heavy (non-hydrogen) atoms. The number of fused-ring (bicyclic) bond motifs is 2. The molecule has 2 aromatic carbocycles. The highest BCUT2D eigenvalue weighted by Crippen LogP contribution is 2.26. The molecule has 130 valence electrons. The van der Waals surface area contributed by atoms with Crippen LogP contribution >= 0.6 is 0 Å². The molecule has 0 saturated carbocycles. The van der Waals surface area contributed by atoms with Crippen LogP contribution < -0.4 is 4.74 Å². The summed E-state index contributed by atoms with van der Waals surface area (Å²) in [4.78, 5) is 8.22. The van der Waals surface area contributed by atoms with E-state index in [1.54, 1.807) is 26.2 Å². The van der Waals surface area contributed by atoms with Crippen molar-refractivity contribution in [3.8, 4) is 5.75 Å². The van der Waals surface area contributed by atoms with Gasteiger partial charge in [0.15, 0.2) is 0 Å². The van der Waals surface area contributed by atoms with E-state index in [0.717, 1.165) is 53.1 Å². The van der Waals surface area contributed by atoms with Crippen molar-refractivity contribution >= 4 is 11.4 Å². The molecule has 0 aromatic heterocycles. The van der Waals surface area contributed by atoms with Gasteiger partial charge in [-0.1, -0.05) is 12.1 Å². The zero-order valence-electron chi connectivity index (χ0n) is 14.4. The van der Waals surface area contributed by atoms with Gasteiger partial charge >= 0.3 is 0 Å². The van der Waals surface area contributed by atoms with Crippen LogP contribution in [0.25, 0.3) is 0 Å². The topological polar surface area (TPSA) is 34.0 Å². The number of hydrogen-bond acceptors (Lipinski definition) is 3. The van der Waals surface area contributed by atoms with Crippen molar-refractivity contribution in [1.29, 1.82) is 0 Å². The summed E-state index contributed by atoms with van der Waals surface area (Å²) < 4.78 is 31.4. The summed E-state index contributed by atoms with van der Waals surface area (Å²) in [5, 5.41) is 0. The Labute approximate surface area is 146 Å². The van der Waals surface area contributed by atoms with Crippen LogP contribution in [-0.4, -0.2) is 32.1 Å². The molecule has 0 fully saturated rings. The van der Waals surface area contributed by atoms with Crippen molar-refractivity contribution in [2.24, 2.45) is 9.98 Å². The van der Waals surface area contributed by atoms with E-state index in [-0.39, 0.29) is 11.6 Å². The van der Waals surface area contributed by atoms with Crippen molar-refractivity contribution in [1.82, 2.24) is 0 Å². The first kappa shape index (κ1) is 17.3. The molecule has 3 nitrogen and oxygen atoms in total. The first-order valence-corrected chi connectivity index (χ1v) is 8.26. The van der Waals surface area contributed by atoms with Gasteiger partial charge in [0.2, 0.25) is 0 Å². The molecule has 0 spiro atoms. The normalized spacial score (nSPS) is 18.2. The number of hydrogen-bond donors (Lipinski definition) is 0. The Morgan fingerprint density at radius 3 is 2.40 bits per heavy atom. The Kier molecular flexibility index (Phi) is 5.22. The lowest BCUT2D eigenvalue weighted by atomic mass is 10.0. The average molecular weight is 342 g/mol. The van der Waals surface area contributed by atoms with Crippen molar-refractivity contribution in [2.45, 2.75) is 19.3 Å². The minimum absolute atomic E-state index is 0.0915. The van der Waals surface area contributed by atoms with Crippen molar-refractivity contribution < 1.29 is 13.5 Å². The SMILES string of the molecule is CN=C1CCOc2ccc(F)cc21.CN=C1CCc2c(F)cccc21. The number of rotatable bonds is 0. The number of nitrogens with zero attached hydrogens (tertiary/aromatic N) is 2. The highest BCUT2D eigenvalue weighted by Gasteiger charge is 2.19. The van der Waals surface area contributed by atoms with Gasteiger partial charge < -0.3 is 4.74 Å². The van der Waals surface area contributed by atoms with Gasteiger partial charge in [-0.25, -0.2) is 8.78 Å². The van der Waals surface area contributed by atoms with Crippen LogP contribution in [0.2, 0.25) is 0 Å². The largest absolute Gasteiger partial charge is 0.492 e. The third kappa shape index (κ3) is 3.60. The summed E-state index contributed by atoms with van der Waals surface area (Å²) in [5.74, 6) is 0.393. The molecule has 0 atom stereocenters. The molecule has 2 aliphatic rings. The fourth-order valence-corrected chi connectivity index (χ4v) is 3.17. The standard InChI is InChI=1S/C10H10FNO.C10H10FN/c1-12-9-4-5-13-10-3-2-7(11)6-8(9)10;1-12-10-6-5-7-8(10)3-2-4-9(7)11/h2-3,6H,4-5H2,1H3;2-4H,5-6H2,1H3. The van der Waals surface area contributed by atoms with E-state index in [9.17, 15) is 8.78 Å². The van der Waals surface area contributed by atoms with E-state index in [2.05, 4.69) is 9.98 Å². The lowest BCUT2D eigenvalue weighted by Gasteiger charge is -2.18. The molecule has 1 aliphatic carbocycles. The Hall–Kier alpha value is -2.56. The Morgan fingerprint density at radius 2 is 1.64 bits per heavy atom. The smallest absolute Gasteiger partial charge is 0.128 e. The van der Waals surface area contributed by atoms with Gasteiger partial charge in [0.25, 0.3) is 0 Å². The van der Waals surface area contributed by atoms with Gasteiger partial charge in [0.05, 0.1) is 6.61 Å². The van der Waals surface area contributed by atoms with Gasteiger partial charge in [-0.05, 0) is 42.7 Å². The van der Waals surface area contributed by atoms with Gasteiger partial charge in [-0.15, -0.1) is 0 Å². The van der Waals surface area contributed by atoms with Gasteiger partial charge in [0.1, 0.15) is 17.4 Å². The van der Waals surface area contributed by atoms with Crippen LogP contribution in [0, 0.1) is 11.6 Å². The van der Waals surface area contributed by atoms with E-state index in [4.69, 9.17) is 4.74 Å². The minimum atomic E-state index is -0.245. The molecule has 0 saturated heterocycles. The lowest BCUT2D eigenvalue weighted by molar-refractivity contribution is 0.320. The molecular weight excluding hydrogens is 322 g/mol. The molecule has 0 unspecified atom stereocenters. The first-order valence-electron chi connectivity index (χ1n) is 8.26. The highest BCUT2D eigenvalue weighted by atomic mass is 19.1. The summed E-state index contributed by atoms with van der Waals surface area (Å²) in [6.45, 7) is 0.630. The maximum absolute atomic E-state index is 13.1. The monoisotopic (exact) mass is 342 g/mol. The van der Waals surface area contributed by atoms with Crippen molar-refractivity contribution in [3.05, 3.63) is 64.7 Å². The number of benzene rings is 2. The van der Waals surface area contributed by atoms with E-state index in [1.165, 1.54) is 18.2 Å². The van der Waals surface area contributed by atoms with Crippen LogP contribution in [0.5, 0.6) is 5.75 Å². The predicted molar refractivity (Wildman–Crippen MR) is 96.2 cm³/mol. The molecule has 0 amide bonds. The van der Waals surface area contributed by atoms with E-state index in [0.29, 0.717) is 6.61 Å². The molecule has 1 heterocycles. The second-order valence-corrected chi connectivity index (χ2v) is 5.85. The summed E-state index contributed by atoms with van der Waals surface area (Å²) in [6, 6.07) is 9.71. The van der Waals surface area contributed by atoms with Gasteiger partial charge in [0, 0.05) is 43.1 Å². The van der Waals surface area contributed by atoms with E-state index >= 15 is 0 Å². The van der Waals surface area contributed by atoms with Crippen LogP contribution in [0.4, 0.5) is 8.78 Å². The fraction of sp³-hybridized carbons (Fsp3) is 0.300. The third-order valence-electron chi connectivity index (χ3n) is 4.43. The summed E-state index contributed by atoms with van der Waals surface area (Å²) in [5.41, 5.74) is 4.56. The molecule has 2 aromatic rings. The zero-order chi connectivity index (χ0) is 17.8. The maximum Gasteiger partial charge on any atom is 0.128 e. The molecule has 5 heteroatoms. The Morgan fingerprint density at radius 1 is 0.880 bits per heavy atom. The number of aliphatic imine (C=N–C) groups is 2. The van der Waals surface area contributed by atoms with Crippen molar-refractivity contribution in [2.75, 3.05) is 20.7 Å². The van der Waals surface area contributed by atoms with Crippen LogP contribution in [0.3, 0.4) is 0 Å². The first-order chi connectivity index (χ1) is 12.1. The zero-order valence-corrected chi connectivity index (χ0v) is 14.4. The highest BCUT2D eigenvalue weighted by molar-refractivity contribution is 6.04. The van der Waals surface area contributed by atoms with E-state index < -0.39 is 0 Å². The molecule has 0 bridgehead atoms. The van der Waals surface area contributed by atoms with Gasteiger partial charge in [-0.3, -0.25) is 9.98 Å². The van der Waals surface area contributed by atoms with Gasteiger partial charge in [-0.2, -0.15) is 0 Å². The summed E-state index contributed by atoms with van der Waals surface area (Å²) in [6.07, 6.45) is 2.44. The Bertz CT molecular complexity index is 844. The third-order valence-corrected chi connectivity index (χ3v) is 4.43. The second-order valence-electron chi connectivity index (χ2n) is 5.85.